The molecule has 4 nitrogen and oxygen atoms in total. The Hall–Kier alpha value is -1.58. The number of carbonyl (C=O) groups is 2. The van der Waals surface area contributed by atoms with E-state index in [1.165, 1.54) is 0 Å². The van der Waals surface area contributed by atoms with Gasteiger partial charge in [-0.15, -0.1) is 0 Å². The van der Waals surface area contributed by atoms with Gasteiger partial charge in [0.15, 0.2) is 17.5 Å². The Balaban J connectivity index is 1.79. The zero-order valence-electron chi connectivity index (χ0n) is 15.6. The summed E-state index contributed by atoms with van der Waals surface area (Å²) in [6.07, 6.45) is 4.74. The molecule has 3 fully saturated rings. The number of hydrogen-bond acceptors (Lipinski definition) is 4. The van der Waals surface area contributed by atoms with Crippen molar-refractivity contribution in [1.82, 2.24) is 0 Å². The molecule has 0 aromatic rings. The Morgan fingerprint density at radius 3 is 2.64 bits per heavy atom. The third-order valence-electron chi connectivity index (χ3n) is 8.10. The molecule has 134 valence electrons. The van der Waals surface area contributed by atoms with Crippen LogP contribution in [0.2, 0.25) is 0 Å². The minimum atomic E-state index is -0.888. The predicted molar refractivity (Wildman–Crippen MR) is 91.7 cm³/mol. The summed E-state index contributed by atoms with van der Waals surface area (Å²) in [6.45, 7) is 10.8. The van der Waals surface area contributed by atoms with Crippen LogP contribution in [-0.4, -0.2) is 23.6 Å². The number of allylic oxidation sites excluding steroid dienone is 1. The summed E-state index contributed by atoms with van der Waals surface area (Å²) in [5, 5.41) is 0. The van der Waals surface area contributed by atoms with Gasteiger partial charge >= 0.3 is 6.16 Å². The summed E-state index contributed by atoms with van der Waals surface area (Å²) in [6, 6.07) is 0. The lowest BCUT2D eigenvalue weighted by Gasteiger charge is -2.45. The fourth-order valence-electron chi connectivity index (χ4n) is 7.02. The average Bonchev–Trinajstić information content (AvgIpc) is 2.81. The molecule has 2 bridgehead atoms. The number of fused-ring (bicyclic) bond motifs is 3. The van der Waals surface area contributed by atoms with Crippen LogP contribution in [0.5, 0.6) is 0 Å². The summed E-state index contributed by atoms with van der Waals surface area (Å²) in [5.74, 6) is 1.22. The lowest BCUT2D eigenvalue weighted by Crippen LogP contribution is -2.58. The second-order valence-electron chi connectivity index (χ2n) is 9.67. The van der Waals surface area contributed by atoms with Gasteiger partial charge in [0.1, 0.15) is 0 Å². The van der Waals surface area contributed by atoms with Gasteiger partial charge in [-0.1, -0.05) is 38.5 Å². The summed E-state index contributed by atoms with van der Waals surface area (Å²) in [5.41, 5.74) is 0.669. The molecule has 2 spiro atoms. The highest BCUT2D eigenvalue weighted by Crippen LogP contribution is 2.72. The third-order valence-corrected chi connectivity index (χ3v) is 8.10. The van der Waals surface area contributed by atoms with Gasteiger partial charge in [-0.05, 0) is 49.0 Å². The molecule has 2 saturated carbocycles. The van der Waals surface area contributed by atoms with Crippen molar-refractivity contribution in [3.8, 4) is 0 Å². The van der Waals surface area contributed by atoms with E-state index in [9.17, 15) is 9.59 Å². The van der Waals surface area contributed by atoms with Gasteiger partial charge in [0.2, 0.25) is 0 Å². The van der Waals surface area contributed by atoms with E-state index in [4.69, 9.17) is 9.47 Å². The van der Waals surface area contributed by atoms with Gasteiger partial charge in [0, 0.05) is 12.3 Å². The normalized spacial score (nSPS) is 51.8. The van der Waals surface area contributed by atoms with Gasteiger partial charge in [-0.3, -0.25) is 4.79 Å². The fraction of sp³-hybridized carbons (Fsp3) is 0.714. The van der Waals surface area contributed by atoms with E-state index in [1.807, 2.05) is 13.8 Å². The van der Waals surface area contributed by atoms with E-state index in [-0.39, 0.29) is 23.0 Å². The fourth-order valence-corrected chi connectivity index (χ4v) is 7.02. The molecule has 7 atom stereocenters. The van der Waals surface area contributed by atoms with Crippen molar-refractivity contribution in [1.29, 1.82) is 0 Å². The van der Waals surface area contributed by atoms with Crippen LogP contribution in [0.3, 0.4) is 0 Å². The van der Waals surface area contributed by atoms with Crippen molar-refractivity contribution in [3.05, 3.63) is 23.3 Å². The SMILES string of the molecule is CC1=C[C@]23C(=O)C(C=C(C)[C@H]4OC(=O)O[C@]42C1)C1[C@@H](C[C@H]3C)C1(C)C. The van der Waals surface area contributed by atoms with Crippen LogP contribution in [0.4, 0.5) is 4.79 Å². The minimum absolute atomic E-state index is 0.100. The largest absolute Gasteiger partial charge is 0.509 e. The van der Waals surface area contributed by atoms with E-state index < -0.39 is 23.3 Å². The maximum absolute atomic E-state index is 14.0. The minimum Gasteiger partial charge on any atom is -0.422 e. The smallest absolute Gasteiger partial charge is 0.422 e. The third kappa shape index (κ3) is 1.52. The van der Waals surface area contributed by atoms with Crippen molar-refractivity contribution in [3.63, 3.8) is 0 Å². The molecule has 0 aromatic heterocycles. The topological polar surface area (TPSA) is 52.6 Å². The van der Waals surface area contributed by atoms with Gasteiger partial charge in [0.25, 0.3) is 0 Å². The van der Waals surface area contributed by atoms with Gasteiger partial charge in [0.05, 0.1) is 5.41 Å². The Labute approximate surface area is 148 Å². The lowest BCUT2D eigenvalue weighted by molar-refractivity contribution is -0.147. The molecule has 4 heteroatoms. The molecule has 1 saturated heterocycles. The number of ether oxygens (including phenoxy) is 2. The highest BCUT2D eigenvalue weighted by molar-refractivity contribution is 5.95. The van der Waals surface area contributed by atoms with Crippen molar-refractivity contribution < 1.29 is 19.1 Å². The number of hydrogen-bond donors (Lipinski definition) is 0. The first-order chi connectivity index (χ1) is 11.6. The molecule has 0 amide bonds. The maximum Gasteiger partial charge on any atom is 0.509 e. The van der Waals surface area contributed by atoms with Gasteiger partial charge in [-0.2, -0.15) is 0 Å². The molecule has 5 rings (SSSR count). The number of carbonyl (C=O) groups excluding carboxylic acids is 2. The molecule has 2 unspecified atom stereocenters. The monoisotopic (exact) mass is 342 g/mol. The van der Waals surface area contributed by atoms with Crippen LogP contribution in [0, 0.1) is 34.5 Å². The summed E-state index contributed by atoms with van der Waals surface area (Å²) < 4.78 is 11.5. The van der Waals surface area contributed by atoms with Gasteiger partial charge < -0.3 is 9.47 Å². The first-order valence-electron chi connectivity index (χ1n) is 9.46. The van der Waals surface area contributed by atoms with Crippen molar-refractivity contribution in [2.75, 3.05) is 0 Å². The average molecular weight is 342 g/mol. The standard InChI is InChI=1S/C21H26O4/c1-10-8-20-12(3)7-14-15(19(14,4)5)13(16(20)22)6-11(2)17-21(20,9-10)25-18(23)24-17/h6,8,12-15,17H,7,9H2,1-5H3/t12-,13?,14-,15?,17-,20+,21-/m1/s1. The Kier molecular flexibility index (Phi) is 2.64. The highest BCUT2D eigenvalue weighted by atomic mass is 16.8. The van der Waals surface area contributed by atoms with Crippen LogP contribution in [-0.2, 0) is 14.3 Å². The molecular formula is C21H26O4. The number of Topliss-reactive ketones (excluding diaryl/α,β-unsaturated/α-hetero) is 1. The van der Waals surface area contributed by atoms with E-state index in [1.54, 1.807) is 0 Å². The van der Waals surface area contributed by atoms with Crippen LogP contribution >= 0.6 is 0 Å². The summed E-state index contributed by atoms with van der Waals surface area (Å²) in [7, 11) is 0. The molecule has 0 radical (unpaired) electrons. The van der Waals surface area contributed by atoms with Crippen LogP contribution in [0.1, 0.15) is 47.5 Å². The summed E-state index contributed by atoms with van der Waals surface area (Å²) in [4.78, 5) is 26.1. The molecular weight excluding hydrogens is 316 g/mol. The molecule has 1 aliphatic heterocycles. The number of ketones is 1. The molecule has 0 aromatic carbocycles. The first-order valence-corrected chi connectivity index (χ1v) is 9.46. The van der Waals surface area contributed by atoms with Crippen molar-refractivity contribution in [2.24, 2.45) is 34.5 Å². The molecule has 5 aliphatic rings. The van der Waals surface area contributed by atoms with E-state index in [0.717, 1.165) is 17.6 Å². The summed E-state index contributed by atoms with van der Waals surface area (Å²) >= 11 is 0. The maximum atomic E-state index is 14.0. The van der Waals surface area contributed by atoms with Crippen LogP contribution < -0.4 is 0 Å². The molecule has 25 heavy (non-hydrogen) atoms. The zero-order chi connectivity index (χ0) is 17.9. The van der Waals surface area contributed by atoms with E-state index in [0.29, 0.717) is 18.3 Å². The zero-order valence-corrected chi connectivity index (χ0v) is 15.6. The molecule has 4 aliphatic carbocycles. The Bertz CT molecular complexity index is 775. The van der Waals surface area contributed by atoms with Crippen LogP contribution in [0.25, 0.3) is 0 Å². The molecule has 0 N–H and O–H groups in total. The lowest BCUT2D eigenvalue weighted by atomic mass is 9.59. The van der Waals surface area contributed by atoms with Gasteiger partial charge in [-0.25, -0.2) is 4.79 Å². The van der Waals surface area contributed by atoms with Crippen LogP contribution in [0.15, 0.2) is 23.3 Å². The second-order valence-corrected chi connectivity index (χ2v) is 9.67. The quantitative estimate of drug-likeness (QED) is 0.492. The molecule has 1 heterocycles. The Morgan fingerprint density at radius 2 is 1.92 bits per heavy atom. The Morgan fingerprint density at radius 1 is 1.20 bits per heavy atom. The first kappa shape index (κ1) is 15.7. The predicted octanol–water partition coefficient (Wildman–Crippen LogP) is 4.05. The van der Waals surface area contributed by atoms with Crippen molar-refractivity contribution >= 4 is 11.9 Å². The number of rotatable bonds is 0. The van der Waals surface area contributed by atoms with E-state index in [2.05, 4.69) is 32.9 Å². The second kappa shape index (κ2) is 4.21. The highest BCUT2D eigenvalue weighted by Gasteiger charge is 2.77. The van der Waals surface area contributed by atoms with E-state index >= 15 is 0 Å². The van der Waals surface area contributed by atoms with Crippen molar-refractivity contribution in [2.45, 2.75) is 59.2 Å².